The highest BCUT2D eigenvalue weighted by atomic mass is 32.2. The molecular formula is C11H14N2OS. The van der Waals surface area contributed by atoms with Crippen LogP contribution in [0.2, 0.25) is 0 Å². The normalized spacial score (nSPS) is 19.2. The number of nitrogens with zero attached hydrogens (tertiary/aromatic N) is 2. The molecule has 0 N–H and O–H groups in total. The lowest BCUT2D eigenvalue weighted by Crippen LogP contribution is -2.21. The average Bonchev–Trinajstić information content (AvgIpc) is 2.32. The van der Waals surface area contributed by atoms with E-state index in [-0.39, 0.29) is 4.75 Å². The van der Waals surface area contributed by atoms with Gasteiger partial charge in [-0.15, -0.1) is 16.7 Å². The molecule has 0 unspecified atom stereocenters. The number of fused-ring (bicyclic) bond motifs is 1. The minimum atomic E-state index is 0.162. The van der Waals surface area contributed by atoms with Gasteiger partial charge in [0.2, 0.25) is 0 Å². The lowest BCUT2D eigenvalue weighted by Gasteiger charge is -2.20. The van der Waals surface area contributed by atoms with Crippen molar-refractivity contribution in [2.75, 3.05) is 11.6 Å². The molecule has 1 aromatic rings. The molecule has 3 nitrogen and oxygen atoms in total. The highest BCUT2D eigenvalue weighted by Gasteiger charge is 2.27. The molecule has 1 aromatic carbocycles. The summed E-state index contributed by atoms with van der Waals surface area (Å²) in [6, 6.07) is 7.93. The van der Waals surface area contributed by atoms with Crippen molar-refractivity contribution in [1.82, 2.24) is 0 Å². The van der Waals surface area contributed by atoms with Gasteiger partial charge in [-0.05, 0) is 18.6 Å². The van der Waals surface area contributed by atoms with Gasteiger partial charge in [0.15, 0.2) is 0 Å². The van der Waals surface area contributed by atoms with Gasteiger partial charge in [-0.1, -0.05) is 26.0 Å². The Morgan fingerprint density at radius 2 is 2.13 bits per heavy atom. The summed E-state index contributed by atoms with van der Waals surface area (Å²) < 4.78 is 0.162. The van der Waals surface area contributed by atoms with Crippen molar-refractivity contribution in [2.45, 2.75) is 29.9 Å². The topological polar surface area (TPSA) is 32.7 Å². The van der Waals surface area contributed by atoms with E-state index in [2.05, 4.69) is 19.1 Å². The van der Waals surface area contributed by atoms with Gasteiger partial charge >= 0.3 is 0 Å². The summed E-state index contributed by atoms with van der Waals surface area (Å²) in [5.74, 6) is 0. The summed E-state index contributed by atoms with van der Waals surface area (Å²) in [7, 11) is 0. The van der Waals surface area contributed by atoms with E-state index >= 15 is 0 Å². The van der Waals surface area contributed by atoms with Gasteiger partial charge in [0, 0.05) is 16.2 Å². The Bertz CT molecular complexity index is 379. The van der Waals surface area contributed by atoms with Crippen LogP contribution in [0.1, 0.15) is 20.3 Å². The Kier molecular flexibility index (Phi) is 2.69. The Labute approximate surface area is 93.8 Å². The Balaban J connectivity index is 2.44. The predicted octanol–water partition coefficient (Wildman–Crippen LogP) is 3.45. The van der Waals surface area contributed by atoms with E-state index < -0.39 is 0 Å². The first-order valence-electron chi connectivity index (χ1n) is 5.01. The second kappa shape index (κ2) is 3.85. The molecule has 0 radical (unpaired) electrons. The van der Waals surface area contributed by atoms with Crippen LogP contribution in [0, 0.1) is 4.91 Å². The number of para-hydroxylation sites is 1. The summed E-state index contributed by atoms with van der Waals surface area (Å²) in [5.41, 5.74) is 0.933. The Morgan fingerprint density at radius 3 is 2.87 bits per heavy atom. The van der Waals surface area contributed by atoms with Crippen LogP contribution in [-0.4, -0.2) is 11.3 Å². The smallest absolute Gasteiger partial charge is 0.0762 e. The third-order valence-electron chi connectivity index (χ3n) is 2.55. The number of hydrogen-bond acceptors (Lipinski definition) is 3. The third-order valence-corrected chi connectivity index (χ3v) is 3.88. The highest BCUT2D eigenvalue weighted by molar-refractivity contribution is 8.00. The fraction of sp³-hybridized carbons (Fsp3) is 0.455. The molecule has 1 heterocycles. The second-order valence-electron chi connectivity index (χ2n) is 4.28. The fourth-order valence-corrected chi connectivity index (χ4v) is 2.90. The molecule has 0 saturated heterocycles. The van der Waals surface area contributed by atoms with Crippen LogP contribution in [0.5, 0.6) is 0 Å². The van der Waals surface area contributed by atoms with E-state index in [9.17, 15) is 4.91 Å². The Hall–Kier alpha value is -1.03. The number of rotatable bonds is 1. The summed E-state index contributed by atoms with van der Waals surface area (Å²) in [4.78, 5) is 11.9. The van der Waals surface area contributed by atoms with Crippen molar-refractivity contribution in [3.8, 4) is 0 Å². The van der Waals surface area contributed by atoms with Crippen molar-refractivity contribution in [2.24, 2.45) is 5.29 Å². The lowest BCUT2D eigenvalue weighted by atomic mass is 10.1. The maximum absolute atomic E-state index is 10.8. The van der Waals surface area contributed by atoms with Crippen LogP contribution in [0.15, 0.2) is 34.4 Å². The molecule has 0 amide bonds. The summed E-state index contributed by atoms with van der Waals surface area (Å²) in [6.07, 6.45) is 0.956. The summed E-state index contributed by atoms with van der Waals surface area (Å²) in [6.45, 7) is 5.09. The van der Waals surface area contributed by atoms with Crippen molar-refractivity contribution < 1.29 is 0 Å². The first-order chi connectivity index (χ1) is 7.12. The van der Waals surface area contributed by atoms with Crippen LogP contribution in [0.4, 0.5) is 5.69 Å². The van der Waals surface area contributed by atoms with Crippen LogP contribution in [0.25, 0.3) is 0 Å². The van der Waals surface area contributed by atoms with Crippen LogP contribution < -0.4 is 5.01 Å². The second-order valence-corrected chi connectivity index (χ2v) is 6.03. The average molecular weight is 222 g/mol. The Morgan fingerprint density at radius 1 is 1.40 bits per heavy atom. The molecule has 0 spiro atoms. The van der Waals surface area contributed by atoms with Gasteiger partial charge < -0.3 is 0 Å². The molecule has 0 aliphatic carbocycles. The first kappa shape index (κ1) is 10.5. The van der Waals surface area contributed by atoms with E-state index in [0.717, 1.165) is 17.0 Å². The molecule has 0 atom stereocenters. The molecular weight excluding hydrogens is 208 g/mol. The van der Waals surface area contributed by atoms with Gasteiger partial charge in [0.25, 0.3) is 0 Å². The van der Waals surface area contributed by atoms with Crippen molar-refractivity contribution in [1.29, 1.82) is 0 Å². The van der Waals surface area contributed by atoms with E-state index in [1.807, 2.05) is 36.0 Å². The van der Waals surface area contributed by atoms with Crippen molar-refractivity contribution in [3.63, 3.8) is 0 Å². The van der Waals surface area contributed by atoms with Crippen LogP contribution >= 0.6 is 11.8 Å². The molecule has 0 fully saturated rings. The van der Waals surface area contributed by atoms with E-state index in [1.165, 1.54) is 0 Å². The quantitative estimate of drug-likeness (QED) is 0.682. The number of anilines is 1. The van der Waals surface area contributed by atoms with Gasteiger partial charge in [0.1, 0.15) is 0 Å². The molecule has 4 heteroatoms. The number of thioether (sulfide) groups is 1. The molecule has 2 rings (SSSR count). The number of hydrogen-bond donors (Lipinski definition) is 0. The zero-order chi connectivity index (χ0) is 10.9. The zero-order valence-electron chi connectivity index (χ0n) is 8.93. The molecule has 1 aliphatic rings. The van der Waals surface area contributed by atoms with Crippen LogP contribution in [0.3, 0.4) is 0 Å². The zero-order valence-corrected chi connectivity index (χ0v) is 9.75. The molecule has 0 bridgehead atoms. The lowest BCUT2D eigenvalue weighted by molar-refractivity contribution is 0.630. The maximum atomic E-state index is 10.8. The standard InChI is InChI=1S/C11H14N2OS/c1-11(2)7-8-13(12-14)9-5-3-4-6-10(9)15-11/h3-6H,7-8H2,1-2H3. The predicted molar refractivity (Wildman–Crippen MR) is 64.1 cm³/mol. The molecule has 1 aliphatic heterocycles. The SMILES string of the molecule is CC1(C)CCN(N=O)c2ccccc2S1. The highest BCUT2D eigenvalue weighted by Crippen LogP contribution is 2.43. The van der Waals surface area contributed by atoms with E-state index in [1.54, 1.807) is 5.01 Å². The maximum Gasteiger partial charge on any atom is 0.0762 e. The van der Waals surface area contributed by atoms with Gasteiger partial charge in [0.05, 0.1) is 11.0 Å². The molecule has 80 valence electrons. The number of benzene rings is 1. The molecule has 0 aromatic heterocycles. The van der Waals surface area contributed by atoms with E-state index in [0.29, 0.717) is 6.54 Å². The van der Waals surface area contributed by atoms with Gasteiger partial charge in [-0.25, -0.2) is 5.01 Å². The largest absolute Gasteiger partial charge is 0.228 e. The van der Waals surface area contributed by atoms with Crippen molar-refractivity contribution >= 4 is 17.4 Å². The molecule has 15 heavy (non-hydrogen) atoms. The number of nitroso groups, excluding NO2 is 1. The fourth-order valence-electron chi connectivity index (χ4n) is 1.69. The van der Waals surface area contributed by atoms with E-state index in [4.69, 9.17) is 0 Å². The van der Waals surface area contributed by atoms with Crippen molar-refractivity contribution in [3.05, 3.63) is 29.2 Å². The van der Waals surface area contributed by atoms with Gasteiger partial charge in [-0.2, -0.15) is 0 Å². The molecule has 0 saturated carbocycles. The summed E-state index contributed by atoms with van der Waals surface area (Å²) >= 11 is 1.81. The first-order valence-corrected chi connectivity index (χ1v) is 5.83. The monoisotopic (exact) mass is 222 g/mol. The minimum absolute atomic E-state index is 0.162. The van der Waals surface area contributed by atoms with Gasteiger partial charge in [-0.3, -0.25) is 0 Å². The van der Waals surface area contributed by atoms with Crippen LogP contribution in [-0.2, 0) is 0 Å². The minimum Gasteiger partial charge on any atom is -0.228 e. The summed E-state index contributed by atoms with van der Waals surface area (Å²) in [5, 5.41) is 4.64. The third kappa shape index (κ3) is 2.15.